The predicted molar refractivity (Wildman–Crippen MR) is 84.6 cm³/mol. The molecule has 0 aliphatic heterocycles. The van der Waals surface area contributed by atoms with Crippen LogP contribution in [0.25, 0.3) is 0 Å². The van der Waals surface area contributed by atoms with E-state index in [2.05, 4.69) is 4.72 Å². The quantitative estimate of drug-likeness (QED) is 0.927. The third-order valence-electron chi connectivity index (χ3n) is 2.62. The van der Waals surface area contributed by atoms with Crippen molar-refractivity contribution in [1.29, 1.82) is 0 Å². The van der Waals surface area contributed by atoms with Gasteiger partial charge in [0.05, 0.1) is 15.6 Å². The zero-order valence-corrected chi connectivity index (χ0v) is 13.7. The van der Waals surface area contributed by atoms with E-state index in [-0.39, 0.29) is 21.4 Å². The number of nitrogens with zero attached hydrogens (tertiary/aromatic N) is 1. The van der Waals surface area contributed by atoms with Gasteiger partial charge < -0.3 is 4.90 Å². The van der Waals surface area contributed by atoms with Crippen LogP contribution in [0.15, 0.2) is 40.6 Å². The van der Waals surface area contributed by atoms with E-state index in [1.807, 2.05) is 0 Å². The molecule has 0 fully saturated rings. The molecule has 1 amide bonds. The van der Waals surface area contributed by atoms with Crippen molar-refractivity contribution in [2.75, 3.05) is 18.8 Å². The molecule has 112 valence electrons. The fourth-order valence-corrected chi connectivity index (χ4v) is 4.20. The van der Waals surface area contributed by atoms with Crippen LogP contribution < -0.4 is 4.72 Å². The fourth-order valence-electron chi connectivity index (χ4n) is 1.64. The minimum absolute atomic E-state index is 0.0969. The monoisotopic (exact) mass is 344 g/mol. The standard InChI is InChI=1S/C13H13ClN2O3S2/c1-16(2)13(17)9-5-3-4-6-10(9)15-21(18,19)12-8-7-11(14)20-12/h3-8,15H,1-2H3. The molecule has 1 aromatic carbocycles. The number of halogens is 1. The number of carbonyl (C=O) groups is 1. The Morgan fingerprint density at radius 1 is 1.19 bits per heavy atom. The summed E-state index contributed by atoms with van der Waals surface area (Å²) in [6.45, 7) is 0. The van der Waals surface area contributed by atoms with Gasteiger partial charge in [-0.25, -0.2) is 8.42 Å². The second kappa shape index (κ2) is 6.05. The van der Waals surface area contributed by atoms with Crippen LogP contribution in [0.1, 0.15) is 10.4 Å². The van der Waals surface area contributed by atoms with Crippen molar-refractivity contribution in [2.24, 2.45) is 0 Å². The molecule has 0 radical (unpaired) electrons. The van der Waals surface area contributed by atoms with Crippen molar-refractivity contribution < 1.29 is 13.2 Å². The molecule has 8 heteroatoms. The first kappa shape index (κ1) is 15.8. The van der Waals surface area contributed by atoms with E-state index in [0.717, 1.165) is 11.3 Å². The average molecular weight is 345 g/mol. The van der Waals surface area contributed by atoms with E-state index in [4.69, 9.17) is 11.6 Å². The van der Waals surface area contributed by atoms with Gasteiger partial charge in [0.25, 0.3) is 15.9 Å². The molecule has 1 aromatic heterocycles. The van der Waals surface area contributed by atoms with E-state index in [9.17, 15) is 13.2 Å². The number of carbonyl (C=O) groups excluding carboxylic acids is 1. The van der Waals surface area contributed by atoms with E-state index in [1.54, 1.807) is 38.4 Å². The van der Waals surface area contributed by atoms with Crippen molar-refractivity contribution in [2.45, 2.75) is 4.21 Å². The summed E-state index contributed by atoms with van der Waals surface area (Å²) in [6, 6.07) is 9.39. The van der Waals surface area contributed by atoms with Gasteiger partial charge in [-0.1, -0.05) is 23.7 Å². The van der Waals surface area contributed by atoms with Gasteiger partial charge in [0.1, 0.15) is 4.21 Å². The van der Waals surface area contributed by atoms with Crippen LogP contribution in [0, 0.1) is 0 Å². The Labute approximate surface area is 132 Å². The summed E-state index contributed by atoms with van der Waals surface area (Å²) in [5.41, 5.74) is 0.523. The molecule has 5 nitrogen and oxygen atoms in total. The third kappa shape index (κ3) is 3.55. The number of hydrogen-bond donors (Lipinski definition) is 1. The highest BCUT2D eigenvalue weighted by molar-refractivity contribution is 7.94. The smallest absolute Gasteiger partial charge is 0.271 e. The molecule has 0 saturated heterocycles. The largest absolute Gasteiger partial charge is 0.345 e. The average Bonchev–Trinajstić information content (AvgIpc) is 2.85. The summed E-state index contributed by atoms with van der Waals surface area (Å²) in [4.78, 5) is 13.4. The molecule has 0 saturated carbocycles. The Morgan fingerprint density at radius 2 is 1.86 bits per heavy atom. The van der Waals surface area contributed by atoms with Gasteiger partial charge in [0.2, 0.25) is 0 Å². The molecule has 0 unspecified atom stereocenters. The lowest BCUT2D eigenvalue weighted by Gasteiger charge is -2.15. The molecule has 1 heterocycles. The normalized spacial score (nSPS) is 11.2. The van der Waals surface area contributed by atoms with E-state index < -0.39 is 10.0 Å². The van der Waals surface area contributed by atoms with Crippen LogP contribution in [0.2, 0.25) is 4.34 Å². The maximum Gasteiger partial charge on any atom is 0.271 e. The first-order chi connectivity index (χ1) is 9.81. The third-order valence-corrected chi connectivity index (χ3v) is 5.71. The summed E-state index contributed by atoms with van der Waals surface area (Å²) in [7, 11) is -0.553. The highest BCUT2D eigenvalue weighted by Crippen LogP contribution is 2.28. The summed E-state index contributed by atoms with van der Waals surface area (Å²) >= 11 is 6.71. The minimum Gasteiger partial charge on any atom is -0.345 e. The molecule has 0 aliphatic carbocycles. The van der Waals surface area contributed by atoms with Crippen molar-refractivity contribution in [3.63, 3.8) is 0 Å². The van der Waals surface area contributed by atoms with E-state index in [1.165, 1.54) is 17.0 Å². The van der Waals surface area contributed by atoms with Crippen LogP contribution in [-0.4, -0.2) is 33.3 Å². The topological polar surface area (TPSA) is 66.5 Å². The van der Waals surface area contributed by atoms with Crippen molar-refractivity contribution in [3.8, 4) is 0 Å². The van der Waals surface area contributed by atoms with E-state index >= 15 is 0 Å². The molecular formula is C13H13ClN2O3S2. The Morgan fingerprint density at radius 3 is 2.43 bits per heavy atom. The van der Waals surface area contributed by atoms with Crippen LogP contribution in [0.5, 0.6) is 0 Å². The predicted octanol–water partition coefficient (Wildman–Crippen LogP) is 2.90. The molecule has 1 N–H and O–H groups in total. The van der Waals surface area contributed by atoms with Crippen molar-refractivity contribution in [1.82, 2.24) is 4.90 Å². The Hall–Kier alpha value is -1.57. The van der Waals surface area contributed by atoms with Gasteiger partial charge in [-0.15, -0.1) is 11.3 Å². The molecule has 0 aliphatic rings. The number of sulfonamides is 1. The Kier molecular flexibility index (Phi) is 4.55. The van der Waals surface area contributed by atoms with Crippen molar-refractivity contribution >= 4 is 44.6 Å². The lowest BCUT2D eigenvalue weighted by molar-refractivity contribution is 0.0828. The molecular weight excluding hydrogens is 332 g/mol. The number of thiophene rings is 1. The van der Waals surface area contributed by atoms with Crippen LogP contribution in [0.4, 0.5) is 5.69 Å². The number of benzene rings is 1. The first-order valence-corrected chi connectivity index (χ1v) is 8.58. The summed E-state index contributed by atoms with van der Waals surface area (Å²) in [6.07, 6.45) is 0. The summed E-state index contributed by atoms with van der Waals surface area (Å²) in [5, 5.41) is 0. The molecule has 2 aromatic rings. The maximum absolute atomic E-state index is 12.3. The Balaban J connectivity index is 2.38. The van der Waals surface area contributed by atoms with Gasteiger partial charge in [-0.2, -0.15) is 0 Å². The van der Waals surface area contributed by atoms with Crippen molar-refractivity contribution in [3.05, 3.63) is 46.3 Å². The SMILES string of the molecule is CN(C)C(=O)c1ccccc1NS(=O)(=O)c1ccc(Cl)s1. The van der Waals surface area contributed by atoms with Gasteiger partial charge in [-0.05, 0) is 24.3 Å². The Bertz CT molecular complexity index is 769. The lowest BCUT2D eigenvalue weighted by atomic mass is 10.1. The second-order valence-corrected chi connectivity index (χ2v) is 8.03. The minimum atomic E-state index is -3.76. The highest BCUT2D eigenvalue weighted by Gasteiger charge is 2.20. The second-order valence-electron chi connectivity index (χ2n) is 4.41. The van der Waals surface area contributed by atoms with Crippen LogP contribution in [0.3, 0.4) is 0 Å². The zero-order chi connectivity index (χ0) is 15.6. The first-order valence-electron chi connectivity index (χ1n) is 5.90. The number of para-hydroxylation sites is 1. The molecule has 2 rings (SSSR count). The molecule has 0 bridgehead atoms. The number of hydrogen-bond acceptors (Lipinski definition) is 4. The van der Waals surface area contributed by atoms with Gasteiger partial charge in [-0.3, -0.25) is 9.52 Å². The number of nitrogens with one attached hydrogen (secondary N) is 1. The number of rotatable bonds is 4. The number of anilines is 1. The molecule has 0 spiro atoms. The maximum atomic E-state index is 12.3. The van der Waals surface area contributed by atoms with E-state index in [0.29, 0.717) is 4.34 Å². The number of amides is 1. The van der Waals surface area contributed by atoms with Gasteiger partial charge in [0, 0.05) is 14.1 Å². The molecule has 21 heavy (non-hydrogen) atoms. The van der Waals surface area contributed by atoms with Gasteiger partial charge in [0.15, 0.2) is 0 Å². The zero-order valence-electron chi connectivity index (χ0n) is 11.3. The van der Waals surface area contributed by atoms with Crippen LogP contribution in [-0.2, 0) is 10.0 Å². The van der Waals surface area contributed by atoms with Gasteiger partial charge >= 0.3 is 0 Å². The highest BCUT2D eigenvalue weighted by atomic mass is 35.5. The van der Waals surface area contributed by atoms with Crippen LogP contribution >= 0.6 is 22.9 Å². The summed E-state index contributed by atoms with van der Waals surface area (Å²) < 4.78 is 27.5. The fraction of sp³-hybridized carbons (Fsp3) is 0.154. The molecule has 0 atom stereocenters. The lowest BCUT2D eigenvalue weighted by Crippen LogP contribution is -2.24. The summed E-state index contributed by atoms with van der Waals surface area (Å²) in [5.74, 6) is -0.280.